The van der Waals surface area contributed by atoms with Gasteiger partial charge in [-0.25, -0.2) is 14.2 Å². The van der Waals surface area contributed by atoms with E-state index in [0.717, 1.165) is 27.0 Å². The van der Waals surface area contributed by atoms with Gasteiger partial charge in [0.2, 0.25) is 11.8 Å². The quantitative estimate of drug-likeness (QED) is 0.402. The minimum atomic E-state index is -0.776. The summed E-state index contributed by atoms with van der Waals surface area (Å²) in [6.45, 7) is 0. The van der Waals surface area contributed by atoms with E-state index in [2.05, 4.69) is 10.3 Å². The zero-order valence-electron chi connectivity index (χ0n) is 17.3. The van der Waals surface area contributed by atoms with Crippen LogP contribution in [0.25, 0.3) is 0 Å². The number of aromatic nitrogens is 2. The zero-order valence-corrected chi connectivity index (χ0v) is 19.6. The minimum absolute atomic E-state index is 0.0123. The second-order valence-corrected chi connectivity index (χ2v) is 8.57. The molecular formula is C21H17Cl2FN4O4S. The molecule has 2 N–H and O–H groups in total. The fourth-order valence-corrected chi connectivity index (χ4v) is 3.86. The van der Waals surface area contributed by atoms with Crippen molar-refractivity contribution in [3.05, 3.63) is 84.7 Å². The summed E-state index contributed by atoms with van der Waals surface area (Å²) in [4.78, 5) is 41.7. The van der Waals surface area contributed by atoms with E-state index in [1.54, 1.807) is 24.3 Å². The smallest absolute Gasteiger partial charge is 0.333 e. The van der Waals surface area contributed by atoms with E-state index >= 15 is 0 Å². The van der Waals surface area contributed by atoms with Crippen molar-refractivity contribution in [2.45, 2.75) is 0 Å². The molecule has 172 valence electrons. The third kappa shape index (κ3) is 5.65. The van der Waals surface area contributed by atoms with Crippen LogP contribution in [0, 0.1) is 5.82 Å². The number of aromatic hydroxyl groups is 1. The van der Waals surface area contributed by atoms with E-state index in [1.165, 1.54) is 26.2 Å². The number of carbonyl (C=O) groups is 1. The van der Waals surface area contributed by atoms with E-state index in [-0.39, 0.29) is 27.1 Å². The van der Waals surface area contributed by atoms with Crippen molar-refractivity contribution in [2.24, 2.45) is 19.1 Å². The van der Waals surface area contributed by atoms with Crippen LogP contribution >= 0.6 is 35.0 Å². The molecular weight excluding hydrogens is 494 g/mol. The van der Waals surface area contributed by atoms with Crippen molar-refractivity contribution in [1.82, 2.24) is 9.13 Å². The highest BCUT2D eigenvalue weighted by molar-refractivity contribution is 8.15. The van der Waals surface area contributed by atoms with Gasteiger partial charge in [0.25, 0.3) is 5.56 Å². The lowest BCUT2D eigenvalue weighted by Gasteiger charge is -2.12. The van der Waals surface area contributed by atoms with Crippen molar-refractivity contribution >= 4 is 57.3 Å². The Bertz CT molecular complexity index is 1370. The lowest BCUT2D eigenvalue weighted by Crippen LogP contribution is -2.39. The molecule has 2 aromatic carbocycles. The van der Waals surface area contributed by atoms with Gasteiger partial charge < -0.3 is 10.4 Å². The number of hydrogen-bond donors (Lipinski definition) is 2. The molecule has 3 rings (SSSR count). The molecule has 0 saturated carbocycles. The van der Waals surface area contributed by atoms with Gasteiger partial charge in [-0.2, -0.15) is 0 Å². The molecule has 3 aromatic rings. The number of amides is 1. The molecule has 8 nitrogen and oxygen atoms in total. The van der Waals surface area contributed by atoms with Crippen molar-refractivity contribution in [3.8, 4) is 5.88 Å². The number of benzene rings is 2. The molecule has 0 unspecified atom stereocenters. The first kappa shape index (κ1) is 24.6. The van der Waals surface area contributed by atoms with Crippen LogP contribution in [0.4, 0.5) is 15.8 Å². The number of thioether (sulfide) groups is 1. The first-order valence-corrected chi connectivity index (χ1v) is 11.0. The number of nitrogens with one attached hydrogen (secondary N) is 1. The molecule has 0 saturated heterocycles. The van der Waals surface area contributed by atoms with Gasteiger partial charge in [-0.15, -0.1) is 0 Å². The number of anilines is 1. The highest BCUT2D eigenvalue weighted by Gasteiger charge is 2.22. The van der Waals surface area contributed by atoms with Gasteiger partial charge in [-0.1, -0.05) is 35.0 Å². The molecule has 0 aliphatic heterocycles. The van der Waals surface area contributed by atoms with Crippen molar-refractivity contribution < 1.29 is 14.3 Å². The summed E-state index contributed by atoms with van der Waals surface area (Å²) in [5.41, 5.74) is -1.05. The molecule has 0 atom stereocenters. The van der Waals surface area contributed by atoms with Crippen LogP contribution in [0.1, 0.15) is 5.56 Å². The molecule has 1 aromatic heterocycles. The average Bonchev–Trinajstić information content (AvgIpc) is 2.78. The van der Waals surface area contributed by atoms with Crippen LogP contribution in [0.3, 0.4) is 0 Å². The standard InChI is InChI=1S/C21H17Cl2FN4O4S/c1-27-19(30)17(20(31)28(2)21(27)32)18(26-12-5-3-11(22)4-6-12)33-10-16(29)25-13-7-8-15(24)14(23)9-13/h3-9,30H,10H2,1-2H3,(H,25,29). The summed E-state index contributed by atoms with van der Waals surface area (Å²) in [6.07, 6.45) is 0. The second kappa shape index (κ2) is 10.2. The van der Waals surface area contributed by atoms with Gasteiger partial charge in [0, 0.05) is 24.8 Å². The average molecular weight is 511 g/mol. The largest absolute Gasteiger partial charge is 0.494 e. The van der Waals surface area contributed by atoms with E-state index < -0.39 is 28.9 Å². The summed E-state index contributed by atoms with van der Waals surface area (Å²) < 4.78 is 15.1. The number of aliphatic imine (C=N–C) groups is 1. The van der Waals surface area contributed by atoms with Crippen LogP contribution in [-0.4, -0.2) is 30.9 Å². The Morgan fingerprint density at radius 1 is 1.12 bits per heavy atom. The van der Waals surface area contributed by atoms with Crippen molar-refractivity contribution in [1.29, 1.82) is 0 Å². The Balaban J connectivity index is 1.96. The summed E-state index contributed by atoms with van der Waals surface area (Å²) in [5, 5.41) is 13.4. The van der Waals surface area contributed by atoms with Crippen LogP contribution in [0.5, 0.6) is 5.88 Å². The Hall–Kier alpha value is -3.08. The maximum Gasteiger partial charge on any atom is 0.333 e. The predicted octanol–water partition coefficient (Wildman–Crippen LogP) is 3.69. The lowest BCUT2D eigenvalue weighted by molar-refractivity contribution is -0.113. The fourth-order valence-electron chi connectivity index (χ4n) is 2.72. The first-order chi connectivity index (χ1) is 15.6. The van der Waals surface area contributed by atoms with Gasteiger partial charge >= 0.3 is 5.69 Å². The maximum absolute atomic E-state index is 13.3. The Morgan fingerprint density at radius 3 is 2.42 bits per heavy atom. The molecule has 0 spiro atoms. The van der Waals surface area contributed by atoms with Gasteiger partial charge in [-0.05, 0) is 42.5 Å². The number of rotatable bonds is 5. The monoisotopic (exact) mass is 510 g/mol. The van der Waals surface area contributed by atoms with E-state index in [1.807, 2.05) is 0 Å². The molecule has 0 radical (unpaired) electrons. The molecule has 1 amide bonds. The number of carbonyl (C=O) groups excluding carboxylic acids is 1. The molecule has 0 aliphatic carbocycles. The maximum atomic E-state index is 13.3. The molecule has 33 heavy (non-hydrogen) atoms. The molecule has 12 heteroatoms. The van der Waals surface area contributed by atoms with Gasteiger partial charge in [0.1, 0.15) is 16.4 Å². The summed E-state index contributed by atoms with van der Waals surface area (Å²) in [6, 6.07) is 10.1. The van der Waals surface area contributed by atoms with Gasteiger partial charge in [0.05, 0.1) is 16.5 Å². The lowest BCUT2D eigenvalue weighted by atomic mass is 10.3. The third-order valence-electron chi connectivity index (χ3n) is 4.45. The highest BCUT2D eigenvalue weighted by Crippen LogP contribution is 2.25. The summed E-state index contributed by atoms with van der Waals surface area (Å²) >= 11 is 12.5. The number of halogens is 3. The van der Waals surface area contributed by atoms with E-state index in [4.69, 9.17) is 23.2 Å². The van der Waals surface area contributed by atoms with Gasteiger partial charge in [-0.3, -0.25) is 18.7 Å². The number of nitrogens with zero attached hydrogens (tertiary/aromatic N) is 3. The Kier molecular flexibility index (Phi) is 7.62. The first-order valence-electron chi connectivity index (χ1n) is 9.29. The third-order valence-corrected chi connectivity index (χ3v) is 5.97. The highest BCUT2D eigenvalue weighted by atomic mass is 35.5. The van der Waals surface area contributed by atoms with E-state index in [0.29, 0.717) is 10.7 Å². The molecule has 0 aliphatic rings. The number of hydrogen-bond acceptors (Lipinski definition) is 6. The van der Waals surface area contributed by atoms with Crippen LogP contribution in [-0.2, 0) is 18.9 Å². The van der Waals surface area contributed by atoms with Crippen LogP contribution in [0.2, 0.25) is 10.0 Å². The molecule has 0 bridgehead atoms. The molecule has 0 fully saturated rings. The fraction of sp³-hybridized carbons (Fsp3) is 0.143. The second-order valence-electron chi connectivity index (χ2n) is 6.76. The Morgan fingerprint density at radius 2 is 1.79 bits per heavy atom. The zero-order chi connectivity index (χ0) is 24.3. The topological polar surface area (TPSA) is 106 Å². The van der Waals surface area contributed by atoms with Gasteiger partial charge in [0.15, 0.2) is 0 Å². The summed E-state index contributed by atoms with van der Waals surface area (Å²) in [5.74, 6) is -1.92. The predicted molar refractivity (Wildman–Crippen MR) is 129 cm³/mol. The van der Waals surface area contributed by atoms with Crippen molar-refractivity contribution in [2.75, 3.05) is 11.1 Å². The normalized spacial score (nSPS) is 11.5. The summed E-state index contributed by atoms with van der Waals surface area (Å²) in [7, 11) is 2.57. The molecule has 1 heterocycles. The van der Waals surface area contributed by atoms with Crippen LogP contribution in [0.15, 0.2) is 57.0 Å². The SMILES string of the molecule is Cn1c(O)c(C(=Nc2ccc(Cl)cc2)SCC(=O)Nc2ccc(F)c(Cl)c2)c(=O)n(C)c1=O. The van der Waals surface area contributed by atoms with Crippen LogP contribution < -0.4 is 16.6 Å². The Labute approximate surface area is 201 Å². The van der Waals surface area contributed by atoms with Crippen molar-refractivity contribution in [3.63, 3.8) is 0 Å². The van der Waals surface area contributed by atoms with E-state index in [9.17, 15) is 23.9 Å². The minimum Gasteiger partial charge on any atom is -0.494 e.